The second-order valence-corrected chi connectivity index (χ2v) is 11.3. The first-order valence-corrected chi connectivity index (χ1v) is 15.8. The molecule has 4 atom stereocenters. The van der Waals surface area contributed by atoms with Gasteiger partial charge >= 0.3 is 0 Å². The summed E-state index contributed by atoms with van der Waals surface area (Å²) in [4.78, 5) is 67.3. The molecule has 11 heteroatoms. The van der Waals surface area contributed by atoms with Gasteiger partial charge in [-0.1, -0.05) is 61.9 Å². The van der Waals surface area contributed by atoms with Crippen LogP contribution >= 0.6 is 0 Å². The van der Waals surface area contributed by atoms with E-state index in [9.17, 15) is 24.0 Å². The molecule has 1 heterocycles. The lowest BCUT2D eigenvalue weighted by Crippen LogP contribution is -2.54. The number of ketones is 1. The molecule has 0 aliphatic carbocycles. The van der Waals surface area contributed by atoms with Gasteiger partial charge in [0.1, 0.15) is 17.8 Å². The summed E-state index contributed by atoms with van der Waals surface area (Å²) in [6, 6.07) is 13.2. The highest BCUT2D eigenvalue weighted by molar-refractivity contribution is 6.38. The Morgan fingerprint density at radius 2 is 1.80 bits per heavy atom. The second-order valence-electron chi connectivity index (χ2n) is 11.3. The molecule has 1 fully saturated rings. The number of likely N-dealkylation sites (tertiary alicyclic amines) is 1. The Morgan fingerprint density at radius 1 is 1.04 bits per heavy atom. The molecule has 3 rings (SSSR count). The number of rotatable bonds is 18. The minimum atomic E-state index is -1.03. The predicted octanol–water partition coefficient (Wildman–Crippen LogP) is 3.04. The van der Waals surface area contributed by atoms with Gasteiger partial charge in [-0.25, -0.2) is 0 Å². The Morgan fingerprint density at radius 3 is 2.50 bits per heavy atom. The molecule has 4 amide bonds. The Kier molecular flexibility index (Phi) is 14.4. The summed E-state index contributed by atoms with van der Waals surface area (Å²) in [6.07, 6.45) is 4.05. The van der Waals surface area contributed by atoms with Crippen LogP contribution < -0.4 is 20.7 Å². The molecule has 0 bridgehead atoms. The fourth-order valence-electron chi connectivity index (χ4n) is 5.24. The van der Waals surface area contributed by atoms with E-state index in [4.69, 9.17) is 9.47 Å². The maximum absolute atomic E-state index is 14.0. The molecule has 2 aromatic rings. The maximum Gasteiger partial charge on any atom is 0.289 e. The largest absolute Gasteiger partial charge is 0.493 e. The van der Waals surface area contributed by atoms with Gasteiger partial charge in [0, 0.05) is 26.6 Å². The first-order chi connectivity index (χ1) is 22.2. The normalized spacial score (nSPS) is 16.1. The summed E-state index contributed by atoms with van der Waals surface area (Å²) in [5.74, 6) is -2.23. The van der Waals surface area contributed by atoms with Gasteiger partial charge in [0.25, 0.3) is 5.91 Å². The van der Waals surface area contributed by atoms with Crippen LogP contribution in [0.1, 0.15) is 63.1 Å². The molecule has 1 aliphatic rings. The molecule has 0 aromatic heterocycles. The highest BCUT2D eigenvalue weighted by Gasteiger charge is 2.39. The fourth-order valence-corrected chi connectivity index (χ4v) is 5.24. The number of Topliss-reactive ketones (excluding diaryl/α,β-unsaturated/α-hetero) is 1. The molecule has 248 valence electrons. The lowest BCUT2D eigenvalue weighted by atomic mass is 10.0. The van der Waals surface area contributed by atoms with Crippen molar-refractivity contribution >= 4 is 29.4 Å². The molecular formula is C35H46N4O7. The van der Waals surface area contributed by atoms with Crippen LogP contribution in [0.3, 0.4) is 0 Å². The molecule has 3 unspecified atom stereocenters. The van der Waals surface area contributed by atoms with Crippen molar-refractivity contribution in [3.8, 4) is 5.75 Å². The number of hydrogen-bond acceptors (Lipinski definition) is 7. The Balaban J connectivity index is 1.72. The summed E-state index contributed by atoms with van der Waals surface area (Å²) < 4.78 is 11.1. The second kappa shape index (κ2) is 18.5. The Labute approximate surface area is 271 Å². The molecule has 1 saturated heterocycles. The van der Waals surface area contributed by atoms with Crippen molar-refractivity contribution in [3.63, 3.8) is 0 Å². The van der Waals surface area contributed by atoms with E-state index in [1.165, 1.54) is 11.0 Å². The summed E-state index contributed by atoms with van der Waals surface area (Å²) >= 11 is 0. The van der Waals surface area contributed by atoms with Crippen molar-refractivity contribution < 1.29 is 33.4 Å². The minimum Gasteiger partial charge on any atom is -0.493 e. The molecule has 0 saturated carbocycles. The van der Waals surface area contributed by atoms with Crippen LogP contribution in [0, 0.1) is 0 Å². The molecule has 0 radical (unpaired) electrons. The maximum atomic E-state index is 14.0. The smallest absolute Gasteiger partial charge is 0.289 e. The zero-order valence-corrected chi connectivity index (χ0v) is 27.0. The van der Waals surface area contributed by atoms with Gasteiger partial charge in [0.15, 0.2) is 0 Å². The number of ether oxygens (including phenoxy) is 2. The van der Waals surface area contributed by atoms with Crippen molar-refractivity contribution in [2.24, 2.45) is 0 Å². The number of hydrogen-bond donors (Lipinski definition) is 3. The quantitative estimate of drug-likeness (QED) is 0.169. The summed E-state index contributed by atoms with van der Waals surface area (Å²) in [5, 5.41) is 8.04. The summed E-state index contributed by atoms with van der Waals surface area (Å²) in [6.45, 7) is 8.24. The van der Waals surface area contributed by atoms with Crippen molar-refractivity contribution in [2.45, 2.75) is 76.6 Å². The number of amides is 4. The van der Waals surface area contributed by atoms with Crippen molar-refractivity contribution in [1.29, 1.82) is 0 Å². The van der Waals surface area contributed by atoms with Gasteiger partial charge in [-0.3, -0.25) is 24.0 Å². The van der Waals surface area contributed by atoms with Gasteiger partial charge in [-0.05, 0) is 49.4 Å². The molecule has 1 aliphatic heterocycles. The van der Waals surface area contributed by atoms with E-state index in [1.54, 1.807) is 37.4 Å². The fraction of sp³-hybridized carbons (Fsp3) is 0.457. The Hall–Kier alpha value is -4.51. The third-order valence-corrected chi connectivity index (χ3v) is 7.82. The average Bonchev–Trinajstić information content (AvgIpc) is 3.56. The van der Waals surface area contributed by atoms with E-state index >= 15 is 0 Å². The zero-order valence-electron chi connectivity index (χ0n) is 27.0. The van der Waals surface area contributed by atoms with Crippen LogP contribution in [0.2, 0.25) is 0 Å². The van der Waals surface area contributed by atoms with Crippen LogP contribution in [0.5, 0.6) is 5.75 Å². The number of methoxy groups -OCH3 is 1. The van der Waals surface area contributed by atoms with Gasteiger partial charge in [-0.2, -0.15) is 0 Å². The molecule has 2 aromatic carbocycles. The van der Waals surface area contributed by atoms with E-state index < -0.39 is 41.6 Å². The molecule has 11 nitrogen and oxygen atoms in total. The minimum absolute atomic E-state index is 0.0148. The number of benzene rings is 2. The zero-order chi connectivity index (χ0) is 33.5. The number of nitrogens with one attached hydrogen (secondary N) is 3. The van der Waals surface area contributed by atoms with Gasteiger partial charge in [0.2, 0.25) is 23.5 Å². The predicted molar refractivity (Wildman–Crippen MR) is 174 cm³/mol. The topological polar surface area (TPSA) is 143 Å². The van der Waals surface area contributed by atoms with Crippen LogP contribution in [0.25, 0.3) is 0 Å². The van der Waals surface area contributed by atoms with Crippen LogP contribution in [0.4, 0.5) is 0 Å². The number of nitrogens with zero attached hydrogens (tertiary/aromatic N) is 1. The van der Waals surface area contributed by atoms with Crippen LogP contribution in [-0.2, 0) is 35.1 Å². The lowest BCUT2D eigenvalue weighted by molar-refractivity contribution is -0.143. The Bertz CT molecular complexity index is 1350. The summed E-state index contributed by atoms with van der Waals surface area (Å²) in [7, 11) is 1.65. The van der Waals surface area contributed by atoms with E-state index in [-0.39, 0.29) is 31.4 Å². The number of carbonyl (C=O) groups excluding carboxylic acids is 5. The highest BCUT2D eigenvalue weighted by Crippen LogP contribution is 2.25. The SMILES string of the molecule is C=CCNC(=O)C(=O)C(CCC)NC(=O)C1CCCN1C(=O)[C@@H](NC(=O)Cc1cccc(OCCC(C)OC)c1)c1ccccc1. The summed E-state index contributed by atoms with van der Waals surface area (Å²) in [5.41, 5.74) is 1.30. The lowest BCUT2D eigenvalue weighted by Gasteiger charge is -2.30. The monoisotopic (exact) mass is 634 g/mol. The van der Waals surface area contributed by atoms with E-state index in [0.717, 1.165) is 12.0 Å². The van der Waals surface area contributed by atoms with Gasteiger partial charge in [-0.15, -0.1) is 6.58 Å². The van der Waals surface area contributed by atoms with Crippen molar-refractivity contribution in [3.05, 3.63) is 78.4 Å². The van der Waals surface area contributed by atoms with E-state index in [2.05, 4.69) is 22.5 Å². The first-order valence-electron chi connectivity index (χ1n) is 15.8. The van der Waals surface area contributed by atoms with E-state index in [0.29, 0.717) is 43.7 Å². The average molecular weight is 635 g/mol. The van der Waals surface area contributed by atoms with E-state index in [1.807, 2.05) is 38.1 Å². The van der Waals surface area contributed by atoms with Gasteiger partial charge < -0.3 is 30.3 Å². The first kappa shape index (κ1) is 36.0. The standard InChI is InChI=1S/C35H46N4O7/c1-5-12-28(32(41)34(43)36-19-6-2)37-33(42)29-17-11-20-39(29)35(44)31(26-14-8-7-9-15-26)38-30(40)23-25-13-10-16-27(22-25)46-21-18-24(3)45-4/h6-10,13-16,22,24,28-29,31H,2,5,11-12,17-21,23H2,1,3-4H3,(H,36,43)(H,37,42)(H,38,40)/t24?,28?,29?,31-/m0/s1. The van der Waals surface area contributed by atoms with Crippen LogP contribution in [0.15, 0.2) is 67.3 Å². The highest BCUT2D eigenvalue weighted by atomic mass is 16.5. The third-order valence-electron chi connectivity index (χ3n) is 7.82. The number of carbonyl (C=O) groups is 5. The molecular weight excluding hydrogens is 588 g/mol. The van der Waals surface area contributed by atoms with Crippen molar-refractivity contribution in [2.75, 3.05) is 26.8 Å². The van der Waals surface area contributed by atoms with Crippen molar-refractivity contribution in [1.82, 2.24) is 20.9 Å². The molecule has 0 spiro atoms. The third kappa shape index (κ3) is 10.5. The van der Waals surface area contributed by atoms with Crippen LogP contribution in [-0.4, -0.2) is 79.3 Å². The molecule has 46 heavy (non-hydrogen) atoms. The van der Waals surface area contributed by atoms with Gasteiger partial charge in [0.05, 0.1) is 25.2 Å². The molecule has 3 N–H and O–H groups in total.